The molecule has 0 radical (unpaired) electrons. The summed E-state index contributed by atoms with van der Waals surface area (Å²) in [5, 5.41) is 0. The summed E-state index contributed by atoms with van der Waals surface area (Å²) in [7, 11) is 0. The molecule has 0 saturated carbocycles. The van der Waals surface area contributed by atoms with Crippen LogP contribution in [0.4, 0.5) is 0 Å². The number of rotatable bonds is 2. The summed E-state index contributed by atoms with van der Waals surface area (Å²) < 4.78 is 98.7. The third kappa shape index (κ3) is 2.65. The molecule has 20 heavy (non-hydrogen) atoms. The van der Waals surface area contributed by atoms with E-state index in [0.717, 1.165) is 0 Å². The molecule has 0 aliphatic carbocycles. The van der Waals surface area contributed by atoms with E-state index in [-0.39, 0.29) is 46.4 Å². The number of hydrogen-bond donors (Lipinski definition) is 0. The average molecular weight is 270 g/mol. The Morgan fingerprint density at radius 2 is 0.650 bits per heavy atom. The van der Waals surface area contributed by atoms with Gasteiger partial charge in [-0.25, -0.2) is 0 Å². The molecule has 3 rings (SSSR count). The molecule has 0 aromatic heterocycles. The van der Waals surface area contributed by atoms with Crippen LogP contribution in [0.1, 0.15) is 27.6 Å². The van der Waals surface area contributed by atoms with E-state index < -0.39 is 59.5 Å². The fraction of sp³-hybridized carbons (Fsp3) is 0.100. The lowest BCUT2D eigenvalue weighted by Gasteiger charge is -2.06. The standard InChI is InChI=1S/C20H18/c1-15-3-7-17(8-4-15)19-11-13-20(14-12-19)18-9-5-16(2)6-10-18/h3-14H,1-2H3/i3D,4D,5D,6D,7D,8D,9D,10D,11D,12D,13D,14D. The number of benzene rings is 3. The molecule has 0 saturated heterocycles. The molecular formula is C20H18. The van der Waals surface area contributed by atoms with Crippen LogP contribution in [-0.4, -0.2) is 0 Å². The molecule has 0 amide bonds. The molecule has 0 heterocycles. The topological polar surface area (TPSA) is 0 Å². The van der Waals surface area contributed by atoms with Gasteiger partial charge in [0.15, 0.2) is 0 Å². The molecular weight excluding hydrogens is 240 g/mol. The maximum absolute atomic E-state index is 8.44. The van der Waals surface area contributed by atoms with Gasteiger partial charge in [0.05, 0.1) is 16.4 Å². The van der Waals surface area contributed by atoms with Crippen LogP contribution >= 0.6 is 0 Å². The lowest BCUT2D eigenvalue weighted by molar-refractivity contribution is 1.46. The van der Waals surface area contributed by atoms with Crippen LogP contribution < -0.4 is 0 Å². The van der Waals surface area contributed by atoms with Gasteiger partial charge in [-0.2, -0.15) is 0 Å². The van der Waals surface area contributed by atoms with Crippen LogP contribution in [0.5, 0.6) is 0 Å². The first-order chi connectivity index (χ1) is 14.7. The molecule has 98 valence electrons. The Morgan fingerprint density at radius 1 is 0.450 bits per heavy atom. The molecule has 0 nitrogen and oxygen atoms in total. The Bertz CT molecular complexity index is 1120. The number of hydrogen-bond acceptors (Lipinski definition) is 0. The van der Waals surface area contributed by atoms with E-state index in [1.165, 1.54) is 13.8 Å². The molecule has 0 aliphatic rings. The van der Waals surface area contributed by atoms with Crippen LogP contribution in [0.3, 0.4) is 0 Å². The third-order valence-corrected chi connectivity index (χ3v) is 2.62. The second-order valence-electron chi connectivity index (χ2n) is 4.25. The van der Waals surface area contributed by atoms with Crippen LogP contribution in [0, 0.1) is 13.8 Å². The van der Waals surface area contributed by atoms with E-state index in [0.29, 0.717) is 0 Å². The molecule has 0 unspecified atom stereocenters. The maximum atomic E-state index is 8.44. The van der Waals surface area contributed by atoms with Gasteiger partial charge in [0.25, 0.3) is 0 Å². The van der Waals surface area contributed by atoms with Gasteiger partial charge in [0.2, 0.25) is 0 Å². The maximum Gasteiger partial charge on any atom is 0.0629 e. The Balaban J connectivity index is 2.50. The fourth-order valence-electron chi connectivity index (χ4n) is 1.56. The van der Waals surface area contributed by atoms with E-state index in [4.69, 9.17) is 16.4 Å². The Kier molecular flexibility index (Phi) is 1.31. The summed E-state index contributed by atoms with van der Waals surface area (Å²) in [6.07, 6.45) is 0. The van der Waals surface area contributed by atoms with E-state index in [9.17, 15) is 0 Å². The van der Waals surface area contributed by atoms with E-state index in [1.807, 2.05) is 0 Å². The summed E-state index contributed by atoms with van der Waals surface area (Å²) >= 11 is 0. The molecule has 0 N–H and O–H groups in total. The van der Waals surface area contributed by atoms with Gasteiger partial charge in [0, 0.05) is 0 Å². The second kappa shape index (κ2) is 5.34. The Morgan fingerprint density at radius 3 is 0.900 bits per heavy atom. The summed E-state index contributed by atoms with van der Waals surface area (Å²) in [4.78, 5) is 0. The van der Waals surface area contributed by atoms with Crippen molar-refractivity contribution in [1.29, 1.82) is 0 Å². The van der Waals surface area contributed by atoms with Gasteiger partial charge in [-0.05, 0) is 36.1 Å². The van der Waals surface area contributed by atoms with Crippen molar-refractivity contribution >= 4 is 0 Å². The zero-order chi connectivity index (χ0) is 24.4. The van der Waals surface area contributed by atoms with Crippen molar-refractivity contribution in [3.63, 3.8) is 0 Å². The normalized spacial score (nSPS) is 18.9. The van der Waals surface area contributed by atoms with Gasteiger partial charge in [-0.15, -0.1) is 0 Å². The van der Waals surface area contributed by atoms with Gasteiger partial charge in [0.1, 0.15) is 0 Å². The minimum Gasteiger partial charge on any atom is -0.0587 e. The first kappa shape index (κ1) is 4.89. The molecule has 3 aromatic carbocycles. The highest BCUT2D eigenvalue weighted by Crippen LogP contribution is 2.25. The lowest BCUT2D eigenvalue weighted by Crippen LogP contribution is -1.81. The van der Waals surface area contributed by atoms with Gasteiger partial charge >= 0.3 is 0 Å². The zero-order valence-electron chi connectivity index (χ0n) is 23.0. The summed E-state index contributed by atoms with van der Waals surface area (Å²) in [6.45, 7) is 2.81. The van der Waals surface area contributed by atoms with Crippen molar-refractivity contribution in [1.82, 2.24) is 0 Å². The van der Waals surface area contributed by atoms with Crippen LogP contribution in [0.25, 0.3) is 22.3 Å². The molecule has 0 spiro atoms. The highest BCUT2D eigenvalue weighted by Gasteiger charge is 2.00. The minimum atomic E-state index is -0.664. The van der Waals surface area contributed by atoms with E-state index >= 15 is 0 Å². The highest BCUT2D eigenvalue weighted by molar-refractivity contribution is 5.70. The van der Waals surface area contributed by atoms with Crippen molar-refractivity contribution in [2.45, 2.75) is 13.8 Å². The average Bonchev–Trinajstić information content (AvgIpc) is 2.76. The summed E-state index contributed by atoms with van der Waals surface area (Å²) in [5.41, 5.74) is -1.45. The summed E-state index contributed by atoms with van der Waals surface area (Å²) in [6, 6.07) is -6.11. The molecule has 0 fully saturated rings. The van der Waals surface area contributed by atoms with Gasteiger partial charge in [-0.1, -0.05) is 83.6 Å². The van der Waals surface area contributed by atoms with Crippen molar-refractivity contribution < 1.29 is 16.4 Å². The van der Waals surface area contributed by atoms with Crippen LogP contribution in [0.2, 0.25) is 0 Å². The van der Waals surface area contributed by atoms with Crippen LogP contribution in [0.15, 0.2) is 72.5 Å². The molecule has 0 aliphatic heterocycles. The highest BCUT2D eigenvalue weighted by atomic mass is 14.0. The van der Waals surface area contributed by atoms with E-state index in [1.54, 1.807) is 0 Å². The molecule has 3 aromatic rings. The largest absolute Gasteiger partial charge is 0.0629 e. The fourth-order valence-corrected chi connectivity index (χ4v) is 1.56. The first-order valence-corrected chi connectivity index (χ1v) is 6.00. The van der Waals surface area contributed by atoms with Crippen molar-refractivity contribution in [2.75, 3.05) is 0 Å². The van der Waals surface area contributed by atoms with Crippen molar-refractivity contribution in [3.05, 3.63) is 83.6 Å². The molecule has 0 heteroatoms. The second-order valence-corrected chi connectivity index (χ2v) is 4.25. The van der Waals surface area contributed by atoms with Crippen molar-refractivity contribution in [3.8, 4) is 22.3 Å². The predicted octanol–water partition coefficient (Wildman–Crippen LogP) is 5.64. The third-order valence-electron chi connectivity index (χ3n) is 2.62. The monoisotopic (exact) mass is 270 g/mol. The SMILES string of the molecule is [2H]c1c([2H])c(-c2c([2H])c([2H])c(-c3c([2H])c([2H])c(C)c([2H])c3[2H])c([2H])c2[2H])c([2H])c([2H])c1C. The van der Waals surface area contributed by atoms with Gasteiger partial charge in [-0.3, -0.25) is 0 Å². The predicted molar refractivity (Wildman–Crippen MR) is 86.8 cm³/mol. The molecule has 0 atom stereocenters. The smallest absolute Gasteiger partial charge is 0.0587 e. The Hall–Kier alpha value is -2.34. The van der Waals surface area contributed by atoms with E-state index in [2.05, 4.69) is 0 Å². The Labute approximate surface area is 137 Å². The van der Waals surface area contributed by atoms with Gasteiger partial charge < -0.3 is 0 Å². The first-order valence-electron chi connectivity index (χ1n) is 12.0. The lowest BCUT2D eigenvalue weighted by atomic mass is 9.99. The summed E-state index contributed by atoms with van der Waals surface area (Å²) in [5.74, 6) is 0. The zero-order valence-corrected chi connectivity index (χ0v) is 11.0. The van der Waals surface area contributed by atoms with Crippen molar-refractivity contribution in [2.24, 2.45) is 0 Å². The van der Waals surface area contributed by atoms with Crippen LogP contribution in [-0.2, 0) is 0 Å². The molecule has 0 bridgehead atoms. The quantitative estimate of drug-likeness (QED) is 0.565. The minimum absolute atomic E-state index is 0.0823.